The molecule has 2 rings (SSSR count). The van der Waals surface area contributed by atoms with Crippen molar-refractivity contribution in [3.63, 3.8) is 0 Å². The van der Waals surface area contributed by atoms with Gasteiger partial charge in [0.25, 0.3) is 0 Å². The molecule has 90 valence electrons. The summed E-state index contributed by atoms with van der Waals surface area (Å²) < 4.78 is 30.3. The van der Waals surface area contributed by atoms with Crippen LogP contribution in [0, 0.1) is 11.6 Å². The Hall–Kier alpha value is -1.40. The van der Waals surface area contributed by atoms with Gasteiger partial charge in [-0.3, -0.25) is 0 Å². The van der Waals surface area contributed by atoms with Crippen LogP contribution in [0.4, 0.5) is 8.78 Å². The van der Waals surface area contributed by atoms with E-state index in [9.17, 15) is 8.78 Å². The molecule has 3 nitrogen and oxygen atoms in total. The highest BCUT2D eigenvalue weighted by atomic mass is 32.1. The van der Waals surface area contributed by atoms with Gasteiger partial charge in [0, 0.05) is 6.04 Å². The third-order valence-corrected chi connectivity index (χ3v) is 3.28. The summed E-state index contributed by atoms with van der Waals surface area (Å²) in [5, 5.41) is 6.77. The molecule has 6 heteroatoms. The number of rotatable bonds is 4. The highest BCUT2D eigenvalue weighted by molar-refractivity contribution is 7.05. The van der Waals surface area contributed by atoms with E-state index in [0.717, 1.165) is 17.0 Å². The van der Waals surface area contributed by atoms with E-state index in [0.29, 0.717) is 12.0 Å². The van der Waals surface area contributed by atoms with Gasteiger partial charge >= 0.3 is 0 Å². The standard InChI is InChI=1S/C11H11F2N3S/c1-14-10(11-6-15-16-17-11)5-7-4-8(12)2-3-9(7)13/h2-4,6,10,14H,5H2,1H3. The number of halogens is 2. The molecule has 2 aromatic rings. The number of hydrogen-bond acceptors (Lipinski definition) is 4. The molecule has 0 spiro atoms. The van der Waals surface area contributed by atoms with Crippen LogP contribution >= 0.6 is 11.5 Å². The third-order valence-electron chi connectivity index (χ3n) is 2.50. The quantitative estimate of drug-likeness (QED) is 0.911. The van der Waals surface area contributed by atoms with Gasteiger partial charge in [-0.1, -0.05) is 4.49 Å². The Labute approximate surface area is 102 Å². The third kappa shape index (κ3) is 2.83. The van der Waals surface area contributed by atoms with E-state index in [1.807, 2.05) is 0 Å². The van der Waals surface area contributed by atoms with Crippen molar-refractivity contribution in [2.45, 2.75) is 12.5 Å². The molecule has 0 aliphatic rings. The van der Waals surface area contributed by atoms with Crippen LogP contribution in [0.15, 0.2) is 24.4 Å². The summed E-state index contributed by atoms with van der Waals surface area (Å²) in [4.78, 5) is 0.899. The van der Waals surface area contributed by atoms with Gasteiger partial charge in [-0.25, -0.2) is 8.78 Å². The van der Waals surface area contributed by atoms with Crippen molar-refractivity contribution >= 4 is 11.5 Å². The number of likely N-dealkylation sites (N-methyl/N-ethyl adjacent to an activating group) is 1. The number of nitrogens with one attached hydrogen (secondary N) is 1. The molecule has 1 aromatic carbocycles. The van der Waals surface area contributed by atoms with Crippen LogP contribution in [0.2, 0.25) is 0 Å². The second kappa shape index (κ2) is 5.29. The minimum atomic E-state index is -0.432. The van der Waals surface area contributed by atoms with E-state index in [1.54, 1.807) is 13.2 Å². The first-order chi connectivity index (χ1) is 8.20. The molecule has 1 unspecified atom stereocenters. The Morgan fingerprint density at radius 3 is 2.88 bits per heavy atom. The molecule has 1 aromatic heterocycles. The minimum Gasteiger partial charge on any atom is -0.312 e. The van der Waals surface area contributed by atoms with Gasteiger partial charge < -0.3 is 5.32 Å². The van der Waals surface area contributed by atoms with Crippen molar-refractivity contribution in [3.8, 4) is 0 Å². The predicted octanol–water partition coefficient (Wildman–Crippen LogP) is 2.32. The van der Waals surface area contributed by atoms with Gasteiger partial charge in [-0.15, -0.1) is 5.10 Å². The van der Waals surface area contributed by atoms with Crippen LogP contribution in [-0.4, -0.2) is 16.6 Å². The molecule has 0 fully saturated rings. The van der Waals surface area contributed by atoms with Crippen LogP contribution in [0.1, 0.15) is 16.5 Å². The number of nitrogens with zero attached hydrogens (tertiary/aromatic N) is 2. The molecular formula is C11H11F2N3S. The molecule has 1 heterocycles. The molecular weight excluding hydrogens is 244 g/mol. The number of hydrogen-bond donors (Lipinski definition) is 1. The lowest BCUT2D eigenvalue weighted by Crippen LogP contribution is -2.18. The number of aromatic nitrogens is 2. The summed E-state index contributed by atoms with van der Waals surface area (Å²) in [6.45, 7) is 0. The van der Waals surface area contributed by atoms with Crippen molar-refractivity contribution in [1.29, 1.82) is 0 Å². The van der Waals surface area contributed by atoms with Gasteiger partial charge in [0.1, 0.15) is 11.6 Å². The fraction of sp³-hybridized carbons (Fsp3) is 0.273. The molecule has 0 radical (unpaired) electrons. The summed E-state index contributed by atoms with van der Waals surface area (Å²) in [6.07, 6.45) is 1.99. The summed E-state index contributed by atoms with van der Waals surface area (Å²) in [7, 11) is 1.77. The van der Waals surface area contributed by atoms with E-state index in [4.69, 9.17) is 0 Å². The average molecular weight is 255 g/mol. The maximum atomic E-state index is 13.5. The van der Waals surface area contributed by atoms with E-state index in [2.05, 4.69) is 14.9 Å². The largest absolute Gasteiger partial charge is 0.312 e. The lowest BCUT2D eigenvalue weighted by molar-refractivity contribution is 0.548. The zero-order valence-corrected chi connectivity index (χ0v) is 9.97. The Bertz CT molecular complexity index is 487. The monoisotopic (exact) mass is 255 g/mol. The maximum absolute atomic E-state index is 13.5. The second-order valence-electron chi connectivity index (χ2n) is 3.60. The fourth-order valence-electron chi connectivity index (χ4n) is 1.59. The molecule has 0 aliphatic heterocycles. The molecule has 1 N–H and O–H groups in total. The van der Waals surface area contributed by atoms with E-state index < -0.39 is 11.6 Å². The molecule has 1 atom stereocenters. The van der Waals surface area contributed by atoms with Crippen LogP contribution in [0.25, 0.3) is 0 Å². The van der Waals surface area contributed by atoms with Crippen molar-refractivity contribution < 1.29 is 8.78 Å². The molecule has 0 aliphatic carbocycles. The summed E-state index contributed by atoms with van der Waals surface area (Å²) in [6, 6.07) is 3.36. The highest BCUT2D eigenvalue weighted by Crippen LogP contribution is 2.22. The zero-order chi connectivity index (χ0) is 12.3. The van der Waals surface area contributed by atoms with Gasteiger partial charge in [0.2, 0.25) is 0 Å². The highest BCUT2D eigenvalue weighted by Gasteiger charge is 2.15. The first-order valence-electron chi connectivity index (χ1n) is 5.09. The fourth-order valence-corrected chi connectivity index (χ4v) is 2.20. The van der Waals surface area contributed by atoms with Crippen LogP contribution < -0.4 is 5.32 Å². The van der Waals surface area contributed by atoms with E-state index in [1.165, 1.54) is 17.6 Å². The van der Waals surface area contributed by atoms with Gasteiger partial charge in [0.05, 0.1) is 11.1 Å². The summed E-state index contributed by atoms with van der Waals surface area (Å²) in [5.74, 6) is -0.831. The SMILES string of the molecule is CNC(Cc1cc(F)ccc1F)c1cnns1. The minimum absolute atomic E-state index is 0.105. The molecule has 0 saturated heterocycles. The normalized spacial score (nSPS) is 12.6. The molecule has 17 heavy (non-hydrogen) atoms. The van der Waals surface area contributed by atoms with Crippen molar-refractivity contribution in [1.82, 2.24) is 14.9 Å². The summed E-state index contributed by atoms with van der Waals surface area (Å²) >= 11 is 1.25. The molecule has 0 saturated carbocycles. The smallest absolute Gasteiger partial charge is 0.126 e. The van der Waals surface area contributed by atoms with Crippen LogP contribution in [0.5, 0.6) is 0 Å². The van der Waals surface area contributed by atoms with E-state index >= 15 is 0 Å². The first kappa shape index (κ1) is 12.1. The van der Waals surface area contributed by atoms with Gasteiger partial charge in [0.15, 0.2) is 0 Å². The van der Waals surface area contributed by atoms with Crippen molar-refractivity contribution in [2.24, 2.45) is 0 Å². The summed E-state index contributed by atoms with van der Waals surface area (Å²) in [5.41, 5.74) is 0.345. The lowest BCUT2D eigenvalue weighted by Gasteiger charge is -2.13. The molecule has 0 bridgehead atoms. The average Bonchev–Trinajstić information content (AvgIpc) is 2.84. The van der Waals surface area contributed by atoms with Gasteiger partial charge in [-0.05, 0) is 48.8 Å². The van der Waals surface area contributed by atoms with Crippen LogP contribution in [-0.2, 0) is 6.42 Å². The Balaban J connectivity index is 2.21. The Morgan fingerprint density at radius 1 is 1.41 bits per heavy atom. The van der Waals surface area contributed by atoms with Gasteiger partial charge in [-0.2, -0.15) is 0 Å². The Kier molecular flexibility index (Phi) is 3.75. The zero-order valence-electron chi connectivity index (χ0n) is 9.15. The topological polar surface area (TPSA) is 37.8 Å². The first-order valence-corrected chi connectivity index (χ1v) is 5.86. The Morgan fingerprint density at radius 2 is 2.24 bits per heavy atom. The lowest BCUT2D eigenvalue weighted by atomic mass is 10.0. The maximum Gasteiger partial charge on any atom is 0.126 e. The van der Waals surface area contributed by atoms with Crippen molar-refractivity contribution in [2.75, 3.05) is 7.05 Å². The number of benzene rings is 1. The second-order valence-corrected chi connectivity index (χ2v) is 4.42. The van der Waals surface area contributed by atoms with E-state index in [-0.39, 0.29) is 6.04 Å². The molecule has 0 amide bonds. The predicted molar refractivity (Wildman–Crippen MR) is 61.8 cm³/mol. The van der Waals surface area contributed by atoms with Crippen LogP contribution in [0.3, 0.4) is 0 Å². The van der Waals surface area contributed by atoms with Crippen molar-refractivity contribution in [3.05, 3.63) is 46.5 Å².